The van der Waals surface area contributed by atoms with Gasteiger partial charge in [0.1, 0.15) is 6.10 Å². The summed E-state index contributed by atoms with van der Waals surface area (Å²) in [5.74, 6) is -3.19. The van der Waals surface area contributed by atoms with E-state index < -0.39 is 30.0 Å². The van der Waals surface area contributed by atoms with Crippen molar-refractivity contribution in [3.8, 4) is 0 Å². The van der Waals surface area contributed by atoms with Gasteiger partial charge in [-0.2, -0.15) is 0 Å². The minimum Gasteiger partial charge on any atom is -0.460 e. The van der Waals surface area contributed by atoms with E-state index in [0.717, 1.165) is 30.4 Å². The number of aliphatic hydroxyl groups is 1. The first-order valence-corrected chi connectivity index (χ1v) is 10.4. The summed E-state index contributed by atoms with van der Waals surface area (Å²) in [6.07, 6.45) is 1.45. The molecule has 1 heterocycles. The average Bonchev–Trinajstić information content (AvgIpc) is 2.99. The summed E-state index contributed by atoms with van der Waals surface area (Å²) < 4.78 is 33.0. The minimum absolute atomic E-state index is 0.128. The number of carbonyl (C=O) groups excluding carboxylic acids is 1. The van der Waals surface area contributed by atoms with Crippen molar-refractivity contribution in [2.24, 2.45) is 5.92 Å². The van der Waals surface area contributed by atoms with Gasteiger partial charge in [-0.1, -0.05) is 28.1 Å². The molecular formula is C20H26BrF2NO3. The van der Waals surface area contributed by atoms with Crippen molar-refractivity contribution in [3.63, 3.8) is 0 Å². The van der Waals surface area contributed by atoms with E-state index in [2.05, 4.69) is 21.2 Å². The highest BCUT2D eigenvalue weighted by molar-refractivity contribution is 9.10. The number of rotatable bonds is 6. The molecule has 1 aromatic rings. The highest BCUT2D eigenvalue weighted by atomic mass is 79.9. The second kappa shape index (κ2) is 8.53. The van der Waals surface area contributed by atoms with Gasteiger partial charge in [-0.25, -0.2) is 13.6 Å². The van der Waals surface area contributed by atoms with E-state index in [0.29, 0.717) is 17.9 Å². The quantitative estimate of drug-likeness (QED) is 0.645. The fourth-order valence-electron chi connectivity index (χ4n) is 3.93. The first-order valence-electron chi connectivity index (χ1n) is 9.56. The molecule has 0 bridgehead atoms. The van der Waals surface area contributed by atoms with Gasteiger partial charge in [0.15, 0.2) is 5.60 Å². The summed E-state index contributed by atoms with van der Waals surface area (Å²) in [6, 6.07) is 6.86. The van der Waals surface area contributed by atoms with Crippen molar-refractivity contribution in [2.45, 2.75) is 62.6 Å². The second-order valence-corrected chi connectivity index (χ2v) is 8.64. The lowest BCUT2D eigenvalue weighted by Gasteiger charge is -2.31. The Balaban J connectivity index is 1.73. The molecule has 3 rings (SSSR count). The van der Waals surface area contributed by atoms with Crippen LogP contribution in [0.15, 0.2) is 28.7 Å². The molecule has 0 spiro atoms. The van der Waals surface area contributed by atoms with Crippen LogP contribution in [-0.4, -0.2) is 36.2 Å². The number of piperidine rings is 1. The fourth-order valence-corrected chi connectivity index (χ4v) is 4.20. The predicted octanol–water partition coefficient (Wildman–Crippen LogP) is 4.15. The number of carbonyl (C=O) groups is 1. The van der Waals surface area contributed by atoms with Crippen LogP contribution in [-0.2, 0) is 15.1 Å². The maximum absolute atomic E-state index is 13.4. The summed E-state index contributed by atoms with van der Waals surface area (Å²) in [4.78, 5) is 12.8. The highest BCUT2D eigenvalue weighted by Gasteiger charge is 2.45. The largest absolute Gasteiger partial charge is 0.460 e. The van der Waals surface area contributed by atoms with Crippen LogP contribution in [0, 0.1) is 5.92 Å². The molecule has 1 saturated heterocycles. The van der Waals surface area contributed by atoms with Gasteiger partial charge >= 0.3 is 5.97 Å². The van der Waals surface area contributed by atoms with Crippen molar-refractivity contribution in [3.05, 3.63) is 34.3 Å². The van der Waals surface area contributed by atoms with E-state index in [4.69, 9.17) is 4.74 Å². The van der Waals surface area contributed by atoms with Gasteiger partial charge in [-0.3, -0.25) is 0 Å². The van der Waals surface area contributed by atoms with Crippen LogP contribution in [0.1, 0.15) is 50.5 Å². The number of benzene rings is 1. The third kappa shape index (κ3) is 5.27. The van der Waals surface area contributed by atoms with E-state index in [9.17, 15) is 18.7 Å². The smallest absolute Gasteiger partial charge is 0.343 e. The van der Waals surface area contributed by atoms with Gasteiger partial charge in [0.25, 0.3) is 5.92 Å². The average molecular weight is 446 g/mol. The highest BCUT2D eigenvalue weighted by Crippen LogP contribution is 2.39. The molecule has 2 fully saturated rings. The SMILES string of the molecule is O=C(OC1CCC(F)(F)C1)C(O)(CCC1CCNCC1)c1ccc(Br)cc1. The molecule has 0 radical (unpaired) electrons. The third-order valence-corrected chi connectivity index (χ3v) is 6.19. The summed E-state index contributed by atoms with van der Waals surface area (Å²) in [6.45, 7) is 1.87. The first kappa shape index (κ1) is 20.7. The molecule has 0 amide bonds. The monoisotopic (exact) mass is 445 g/mol. The Morgan fingerprint density at radius 3 is 2.52 bits per heavy atom. The number of ether oxygens (including phenoxy) is 1. The molecule has 4 nitrogen and oxygen atoms in total. The molecule has 1 saturated carbocycles. The molecule has 1 aromatic carbocycles. The number of alkyl halides is 2. The van der Waals surface area contributed by atoms with E-state index in [1.807, 2.05) is 0 Å². The molecule has 1 aliphatic carbocycles. The summed E-state index contributed by atoms with van der Waals surface area (Å²) in [5, 5.41) is 14.6. The zero-order chi connectivity index (χ0) is 19.5. The minimum atomic E-state index is -2.80. The van der Waals surface area contributed by atoms with Crippen LogP contribution in [0.3, 0.4) is 0 Å². The summed E-state index contributed by atoms with van der Waals surface area (Å²) in [7, 11) is 0. The maximum atomic E-state index is 13.4. The molecule has 150 valence electrons. The molecule has 2 unspecified atom stereocenters. The van der Waals surface area contributed by atoms with Gasteiger partial charge < -0.3 is 15.2 Å². The standard InChI is InChI=1S/C20H26BrF2NO3/c21-16-3-1-15(2-4-16)20(26,10-5-14-7-11-24-12-8-14)18(25)27-17-6-9-19(22,23)13-17/h1-4,14,17,24,26H,5-13H2. The topological polar surface area (TPSA) is 58.6 Å². The zero-order valence-electron chi connectivity index (χ0n) is 15.2. The maximum Gasteiger partial charge on any atom is 0.343 e. The van der Waals surface area contributed by atoms with Gasteiger partial charge in [0.05, 0.1) is 0 Å². The number of hydrogen-bond acceptors (Lipinski definition) is 4. The molecular weight excluding hydrogens is 420 g/mol. The molecule has 2 aliphatic rings. The Hall–Kier alpha value is -1.05. The molecule has 2 atom stereocenters. The van der Waals surface area contributed by atoms with Gasteiger partial charge in [-0.15, -0.1) is 0 Å². The van der Waals surface area contributed by atoms with Crippen LogP contribution in [0.5, 0.6) is 0 Å². The molecule has 27 heavy (non-hydrogen) atoms. The number of halogens is 3. The van der Waals surface area contributed by atoms with E-state index in [1.165, 1.54) is 0 Å². The lowest BCUT2D eigenvalue weighted by molar-refractivity contribution is -0.174. The normalized spacial score (nSPS) is 25.1. The van der Waals surface area contributed by atoms with Gasteiger partial charge in [0, 0.05) is 17.3 Å². The molecule has 2 N–H and O–H groups in total. The number of esters is 1. The Kier molecular flexibility index (Phi) is 6.54. The van der Waals surface area contributed by atoms with Crippen LogP contribution < -0.4 is 5.32 Å². The molecule has 7 heteroatoms. The van der Waals surface area contributed by atoms with Crippen LogP contribution in [0.4, 0.5) is 8.78 Å². The van der Waals surface area contributed by atoms with Crippen molar-refractivity contribution < 1.29 is 23.4 Å². The molecule has 0 aromatic heterocycles. The van der Waals surface area contributed by atoms with E-state index >= 15 is 0 Å². The van der Waals surface area contributed by atoms with E-state index in [1.54, 1.807) is 24.3 Å². The Morgan fingerprint density at radius 2 is 1.93 bits per heavy atom. The van der Waals surface area contributed by atoms with Crippen molar-refractivity contribution in [1.82, 2.24) is 5.32 Å². The van der Waals surface area contributed by atoms with Crippen molar-refractivity contribution in [1.29, 1.82) is 0 Å². The van der Waals surface area contributed by atoms with Crippen molar-refractivity contribution >= 4 is 21.9 Å². The predicted molar refractivity (Wildman–Crippen MR) is 102 cm³/mol. The second-order valence-electron chi connectivity index (χ2n) is 7.73. The van der Waals surface area contributed by atoms with E-state index in [-0.39, 0.29) is 19.3 Å². The summed E-state index contributed by atoms with van der Waals surface area (Å²) >= 11 is 3.35. The number of hydrogen-bond donors (Lipinski definition) is 2. The van der Waals surface area contributed by atoms with Crippen LogP contribution in [0.2, 0.25) is 0 Å². The van der Waals surface area contributed by atoms with Crippen molar-refractivity contribution in [2.75, 3.05) is 13.1 Å². The Bertz CT molecular complexity index is 649. The zero-order valence-corrected chi connectivity index (χ0v) is 16.8. The van der Waals surface area contributed by atoms with Gasteiger partial charge in [0.2, 0.25) is 0 Å². The van der Waals surface area contributed by atoms with Crippen LogP contribution in [0.25, 0.3) is 0 Å². The summed E-state index contributed by atoms with van der Waals surface area (Å²) in [5.41, 5.74) is -1.38. The fraction of sp³-hybridized carbons (Fsp3) is 0.650. The number of nitrogens with one attached hydrogen (secondary N) is 1. The molecule has 1 aliphatic heterocycles. The Labute approximate surface area is 166 Å². The third-order valence-electron chi connectivity index (χ3n) is 5.66. The first-order chi connectivity index (χ1) is 12.8. The Morgan fingerprint density at radius 1 is 1.26 bits per heavy atom. The van der Waals surface area contributed by atoms with Gasteiger partial charge in [-0.05, 0) is 68.8 Å². The lowest BCUT2D eigenvalue weighted by atomic mass is 9.83. The lowest BCUT2D eigenvalue weighted by Crippen LogP contribution is -2.40. The van der Waals surface area contributed by atoms with Crippen LogP contribution >= 0.6 is 15.9 Å².